The van der Waals surface area contributed by atoms with Gasteiger partial charge in [-0.3, -0.25) is 4.98 Å². The number of nitrogens with zero attached hydrogens (tertiary/aromatic N) is 1. The van der Waals surface area contributed by atoms with E-state index in [1.807, 2.05) is 44.2 Å². The Labute approximate surface area is 127 Å². The molecule has 0 bridgehead atoms. The minimum atomic E-state index is -0.568. The van der Waals surface area contributed by atoms with Crippen LogP contribution in [0.1, 0.15) is 31.1 Å². The number of hydrogen-bond acceptors (Lipinski definition) is 3. The molecule has 2 rings (SSSR count). The summed E-state index contributed by atoms with van der Waals surface area (Å²) in [5.41, 5.74) is 1.84. The number of aliphatic hydroxyl groups excluding tert-OH is 1. The van der Waals surface area contributed by atoms with E-state index < -0.39 is 6.10 Å². The fourth-order valence-electron chi connectivity index (χ4n) is 1.98. The molecule has 0 aliphatic carbocycles. The van der Waals surface area contributed by atoms with Crippen LogP contribution in [0.5, 0.6) is 5.75 Å². The van der Waals surface area contributed by atoms with Gasteiger partial charge in [-0.2, -0.15) is 0 Å². The number of benzene rings is 1. The molecule has 1 unspecified atom stereocenters. The lowest BCUT2D eigenvalue weighted by atomic mass is 10.0. The number of halogens is 1. The second-order valence-corrected chi connectivity index (χ2v) is 5.89. The van der Waals surface area contributed by atoms with Crippen LogP contribution in [0, 0.1) is 0 Å². The van der Waals surface area contributed by atoms with Crippen molar-refractivity contribution >= 4 is 15.9 Å². The molecule has 1 atom stereocenters. The van der Waals surface area contributed by atoms with Crippen molar-refractivity contribution in [1.82, 2.24) is 4.98 Å². The molecular weight excluding hydrogens is 318 g/mol. The van der Waals surface area contributed by atoms with Crippen LogP contribution in [0.25, 0.3) is 0 Å². The minimum Gasteiger partial charge on any atom is -0.491 e. The van der Waals surface area contributed by atoms with Crippen LogP contribution in [0.3, 0.4) is 0 Å². The highest BCUT2D eigenvalue weighted by atomic mass is 79.9. The lowest BCUT2D eigenvalue weighted by Crippen LogP contribution is -2.07. The number of ether oxygens (including phenoxy) is 1. The van der Waals surface area contributed by atoms with E-state index >= 15 is 0 Å². The maximum absolute atomic E-state index is 10.3. The number of rotatable bonds is 5. The number of aliphatic hydroxyl groups is 1. The Hall–Kier alpha value is -1.39. The Morgan fingerprint density at radius 2 is 2.05 bits per heavy atom. The van der Waals surface area contributed by atoms with E-state index in [0.29, 0.717) is 6.42 Å². The summed E-state index contributed by atoms with van der Waals surface area (Å²) in [5, 5.41) is 10.3. The third-order valence-corrected chi connectivity index (χ3v) is 3.24. The lowest BCUT2D eigenvalue weighted by molar-refractivity contribution is 0.177. The number of pyridine rings is 1. The fraction of sp³-hybridized carbons (Fsp3) is 0.312. The van der Waals surface area contributed by atoms with E-state index in [1.54, 1.807) is 12.4 Å². The van der Waals surface area contributed by atoms with Crippen molar-refractivity contribution in [3.05, 3.63) is 58.3 Å². The van der Waals surface area contributed by atoms with Crippen molar-refractivity contribution in [3.8, 4) is 5.75 Å². The predicted molar refractivity (Wildman–Crippen MR) is 82.8 cm³/mol. The smallest absolute Gasteiger partial charge is 0.120 e. The first-order valence-corrected chi connectivity index (χ1v) is 7.38. The van der Waals surface area contributed by atoms with Gasteiger partial charge in [-0.05, 0) is 59.1 Å². The van der Waals surface area contributed by atoms with Gasteiger partial charge in [-0.1, -0.05) is 12.1 Å². The molecule has 0 aliphatic heterocycles. The minimum absolute atomic E-state index is 0.122. The van der Waals surface area contributed by atoms with E-state index in [0.717, 1.165) is 21.3 Å². The molecule has 1 aromatic carbocycles. The zero-order chi connectivity index (χ0) is 14.5. The molecule has 2 aromatic rings. The Kier molecular flexibility index (Phi) is 5.15. The number of aromatic nitrogens is 1. The van der Waals surface area contributed by atoms with Crippen LogP contribution >= 0.6 is 15.9 Å². The molecule has 0 fully saturated rings. The van der Waals surface area contributed by atoms with Crippen LogP contribution in [0.2, 0.25) is 0 Å². The average Bonchev–Trinajstić information content (AvgIpc) is 2.38. The molecule has 0 amide bonds. The van der Waals surface area contributed by atoms with E-state index in [1.165, 1.54) is 0 Å². The highest BCUT2D eigenvalue weighted by Crippen LogP contribution is 2.23. The Bertz CT molecular complexity index is 572. The van der Waals surface area contributed by atoms with Gasteiger partial charge in [0.25, 0.3) is 0 Å². The molecule has 20 heavy (non-hydrogen) atoms. The summed E-state index contributed by atoms with van der Waals surface area (Å²) in [6.07, 6.45) is 3.57. The first-order chi connectivity index (χ1) is 9.54. The van der Waals surface area contributed by atoms with E-state index in [4.69, 9.17) is 4.74 Å². The van der Waals surface area contributed by atoms with Crippen LogP contribution in [-0.2, 0) is 6.42 Å². The monoisotopic (exact) mass is 335 g/mol. The van der Waals surface area contributed by atoms with Gasteiger partial charge in [0.05, 0.1) is 12.2 Å². The highest BCUT2D eigenvalue weighted by molar-refractivity contribution is 9.10. The highest BCUT2D eigenvalue weighted by Gasteiger charge is 2.10. The quantitative estimate of drug-likeness (QED) is 0.900. The first-order valence-electron chi connectivity index (χ1n) is 6.58. The molecule has 0 radical (unpaired) electrons. The maximum atomic E-state index is 10.3. The lowest BCUT2D eigenvalue weighted by Gasteiger charge is -2.14. The normalized spacial score (nSPS) is 12.4. The average molecular weight is 336 g/mol. The topological polar surface area (TPSA) is 42.4 Å². The molecular formula is C16H18BrNO2. The molecule has 4 heteroatoms. The van der Waals surface area contributed by atoms with Crippen molar-refractivity contribution < 1.29 is 9.84 Å². The Morgan fingerprint density at radius 3 is 2.75 bits per heavy atom. The first kappa shape index (κ1) is 15.0. The third-order valence-electron chi connectivity index (χ3n) is 2.81. The second-order valence-electron chi connectivity index (χ2n) is 4.97. The van der Waals surface area contributed by atoms with Crippen LogP contribution in [-0.4, -0.2) is 16.2 Å². The molecule has 0 aliphatic rings. The number of hydrogen-bond donors (Lipinski definition) is 1. The van der Waals surface area contributed by atoms with Crippen LogP contribution < -0.4 is 4.74 Å². The maximum Gasteiger partial charge on any atom is 0.120 e. The second kappa shape index (κ2) is 6.86. The van der Waals surface area contributed by atoms with E-state index in [2.05, 4.69) is 20.9 Å². The zero-order valence-corrected chi connectivity index (χ0v) is 13.2. The third kappa shape index (κ3) is 4.32. The van der Waals surface area contributed by atoms with E-state index in [-0.39, 0.29) is 6.10 Å². The fourth-order valence-corrected chi connectivity index (χ4v) is 2.39. The summed E-state index contributed by atoms with van der Waals surface area (Å²) >= 11 is 3.38. The predicted octanol–water partition coefficient (Wildman–Crippen LogP) is 3.91. The van der Waals surface area contributed by atoms with Gasteiger partial charge in [-0.25, -0.2) is 0 Å². The Balaban J connectivity index is 2.10. The van der Waals surface area contributed by atoms with Crippen molar-refractivity contribution in [3.63, 3.8) is 0 Å². The summed E-state index contributed by atoms with van der Waals surface area (Å²) in [4.78, 5) is 4.11. The molecule has 1 aromatic heterocycles. The molecule has 0 spiro atoms. The summed E-state index contributed by atoms with van der Waals surface area (Å²) < 4.78 is 6.56. The van der Waals surface area contributed by atoms with Gasteiger partial charge in [0.2, 0.25) is 0 Å². The van der Waals surface area contributed by atoms with E-state index in [9.17, 15) is 5.11 Å². The van der Waals surface area contributed by atoms with Gasteiger partial charge in [0.15, 0.2) is 0 Å². The van der Waals surface area contributed by atoms with Gasteiger partial charge < -0.3 is 9.84 Å². The summed E-state index contributed by atoms with van der Waals surface area (Å²) in [7, 11) is 0. The largest absolute Gasteiger partial charge is 0.491 e. The molecule has 106 valence electrons. The van der Waals surface area contributed by atoms with Crippen molar-refractivity contribution in [2.24, 2.45) is 0 Å². The van der Waals surface area contributed by atoms with Crippen molar-refractivity contribution in [2.45, 2.75) is 32.5 Å². The van der Waals surface area contributed by atoms with Gasteiger partial charge in [0.1, 0.15) is 5.75 Å². The van der Waals surface area contributed by atoms with Gasteiger partial charge in [-0.15, -0.1) is 0 Å². The summed E-state index contributed by atoms with van der Waals surface area (Å²) in [5.74, 6) is 0.781. The van der Waals surface area contributed by atoms with Crippen LogP contribution in [0.4, 0.5) is 0 Å². The van der Waals surface area contributed by atoms with Crippen molar-refractivity contribution in [2.75, 3.05) is 0 Å². The van der Waals surface area contributed by atoms with Crippen molar-refractivity contribution in [1.29, 1.82) is 0 Å². The van der Waals surface area contributed by atoms with Gasteiger partial charge in [0, 0.05) is 23.3 Å². The molecule has 1 N–H and O–H groups in total. The summed E-state index contributed by atoms with van der Waals surface area (Å²) in [6, 6.07) is 9.55. The molecule has 1 heterocycles. The zero-order valence-electron chi connectivity index (χ0n) is 11.6. The molecule has 0 saturated heterocycles. The standard InChI is InChI=1S/C16H18BrNO2/c1-11(2)20-15-5-3-4-13(8-15)16(19)7-12-6-14(17)10-18-9-12/h3-6,8-11,16,19H,7H2,1-2H3. The van der Waals surface area contributed by atoms with Crippen LogP contribution in [0.15, 0.2) is 47.2 Å². The molecule has 0 saturated carbocycles. The summed E-state index contributed by atoms with van der Waals surface area (Å²) in [6.45, 7) is 3.96. The molecule has 3 nitrogen and oxygen atoms in total. The Morgan fingerprint density at radius 1 is 1.25 bits per heavy atom. The van der Waals surface area contributed by atoms with Gasteiger partial charge >= 0.3 is 0 Å². The SMILES string of the molecule is CC(C)Oc1cccc(C(O)Cc2cncc(Br)c2)c1.